The Labute approximate surface area is 187 Å². The van der Waals surface area contributed by atoms with E-state index in [-0.39, 0.29) is 5.91 Å². The van der Waals surface area contributed by atoms with Crippen LogP contribution in [0.15, 0.2) is 60.0 Å². The van der Waals surface area contributed by atoms with Crippen LogP contribution in [-0.4, -0.2) is 34.9 Å². The molecule has 0 bridgehead atoms. The van der Waals surface area contributed by atoms with Gasteiger partial charge < -0.3 is 9.47 Å². The normalized spacial score (nSPS) is 15.0. The second-order valence-corrected chi connectivity index (χ2v) is 8.57. The zero-order chi connectivity index (χ0) is 21.5. The molecular formula is C24H25NO3S2. The molecule has 0 atom stereocenters. The van der Waals surface area contributed by atoms with E-state index in [9.17, 15) is 4.79 Å². The topological polar surface area (TPSA) is 38.8 Å². The summed E-state index contributed by atoms with van der Waals surface area (Å²) in [6.07, 6.45) is 4.32. The second-order valence-electron chi connectivity index (χ2n) is 6.90. The first-order valence-electron chi connectivity index (χ1n) is 9.77. The molecule has 1 heterocycles. The predicted octanol–water partition coefficient (Wildman–Crippen LogP) is 5.54. The number of thioether (sulfide) groups is 1. The van der Waals surface area contributed by atoms with Crippen LogP contribution in [-0.2, 0) is 4.79 Å². The molecule has 1 amide bonds. The van der Waals surface area contributed by atoms with Crippen molar-refractivity contribution in [3.63, 3.8) is 0 Å². The Morgan fingerprint density at radius 2 is 1.83 bits per heavy atom. The Morgan fingerprint density at radius 3 is 2.57 bits per heavy atom. The van der Waals surface area contributed by atoms with E-state index >= 15 is 0 Å². The lowest BCUT2D eigenvalue weighted by molar-refractivity contribution is -0.121. The highest BCUT2D eigenvalue weighted by molar-refractivity contribution is 8.26. The van der Waals surface area contributed by atoms with Crippen molar-refractivity contribution in [1.82, 2.24) is 4.90 Å². The first-order chi connectivity index (χ1) is 14.5. The van der Waals surface area contributed by atoms with E-state index in [1.54, 1.807) is 11.0 Å². The molecule has 6 heteroatoms. The van der Waals surface area contributed by atoms with Gasteiger partial charge >= 0.3 is 0 Å². The van der Waals surface area contributed by atoms with Gasteiger partial charge in [0.05, 0.1) is 18.1 Å². The maximum absolute atomic E-state index is 12.4. The number of amides is 1. The van der Waals surface area contributed by atoms with Gasteiger partial charge in [0.1, 0.15) is 15.8 Å². The molecule has 1 aliphatic rings. The number of carbonyl (C=O) groups excluding carboxylic acids is 1. The van der Waals surface area contributed by atoms with E-state index in [1.807, 2.05) is 42.5 Å². The molecule has 1 aliphatic heterocycles. The van der Waals surface area contributed by atoms with Crippen LogP contribution in [0.5, 0.6) is 11.5 Å². The van der Waals surface area contributed by atoms with E-state index in [0.29, 0.717) is 29.0 Å². The minimum Gasteiger partial charge on any atom is -0.493 e. The number of thiocarbonyl (C=S) groups is 1. The van der Waals surface area contributed by atoms with Crippen molar-refractivity contribution in [2.45, 2.75) is 20.3 Å². The maximum Gasteiger partial charge on any atom is 0.266 e. The number of ether oxygens (including phenoxy) is 2. The van der Waals surface area contributed by atoms with Gasteiger partial charge in [0, 0.05) is 13.0 Å². The van der Waals surface area contributed by atoms with Crippen LogP contribution in [0.3, 0.4) is 0 Å². The average Bonchev–Trinajstić information content (AvgIpc) is 2.99. The van der Waals surface area contributed by atoms with Crippen LogP contribution in [0.4, 0.5) is 0 Å². The molecule has 2 aromatic rings. The van der Waals surface area contributed by atoms with Crippen molar-refractivity contribution >= 4 is 40.3 Å². The lowest BCUT2D eigenvalue weighted by Gasteiger charge is -2.11. The summed E-state index contributed by atoms with van der Waals surface area (Å²) < 4.78 is 12.2. The largest absolute Gasteiger partial charge is 0.493 e. The third kappa shape index (κ3) is 5.52. The first kappa shape index (κ1) is 22.1. The summed E-state index contributed by atoms with van der Waals surface area (Å²) in [5.74, 6) is 1.64. The highest BCUT2D eigenvalue weighted by Crippen LogP contribution is 2.32. The Hall–Kier alpha value is -2.57. The molecule has 0 aliphatic carbocycles. The number of benzene rings is 2. The molecule has 4 nitrogen and oxygen atoms in total. The zero-order valence-corrected chi connectivity index (χ0v) is 18.9. The van der Waals surface area contributed by atoms with Crippen LogP contribution < -0.4 is 9.47 Å². The van der Waals surface area contributed by atoms with E-state index in [2.05, 4.69) is 26.5 Å². The van der Waals surface area contributed by atoms with Gasteiger partial charge in [-0.15, -0.1) is 6.58 Å². The highest BCUT2D eigenvalue weighted by atomic mass is 32.2. The highest BCUT2D eigenvalue weighted by Gasteiger charge is 2.30. The summed E-state index contributed by atoms with van der Waals surface area (Å²) >= 11 is 6.58. The van der Waals surface area contributed by atoms with Gasteiger partial charge in [-0.3, -0.25) is 9.69 Å². The van der Waals surface area contributed by atoms with Gasteiger partial charge in [-0.1, -0.05) is 54.3 Å². The van der Waals surface area contributed by atoms with Gasteiger partial charge in [-0.25, -0.2) is 0 Å². The summed E-state index contributed by atoms with van der Waals surface area (Å²) in [4.78, 5) is 14.6. The Bertz CT molecular complexity index is 967. The van der Waals surface area contributed by atoms with E-state index in [1.165, 1.54) is 22.9 Å². The average molecular weight is 440 g/mol. The fraction of sp³-hybridized carbons (Fsp3) is 0.250. The van der Waals surface area contributed by atoms with Crippen LogP contribution >= 0.6 is 24.0 Å². The van der Waals surface area contributed by atoms with Crippen molar-refractivity contribution in [3.8, 4) is 11.5 Å². The Balaban J connectivity index is 1.47. The van der Waals surface area contributed by atoms with E-state index in [0.717, 1.165) is 23.5 Å². The third-order valence-corrected chi connectivity index (χ3v) is 6.11. The van der Waals surface area contributed by atoms with Gasteiger partial charge in [-0.2, -0.15) is 0 Å². The summed E-state index contributed by atoms with van der Waals surface area (Å²) in [5.41, 5.74) is 3.34. The van der Waals surface area contributed by atoms with Crippen LogP contribution in [0.25, 0.3) is 6.08 Å². The third-order valence-electron chi connectivity index (χ3n) is 4.73. The molecule has 0 aromatic heterocycles. The lowest BCUT2D eigenvalue weighted by atomic mass is 10.1. The molecule has 1 fully saturated rings. The molecule has 156 valence electrons. The molecule has 0 radical (unpaired) electrons. The molecule has 30 heavy (non-hydrogen) atoms. The molecule has 0 unspecified atom stereocenters. The van der Waals surface area contributed by atoms with Crippen molar-refractivity contribution in [2.24, 2.45) is 0 Å². The van der Waals surface area contributed by atoms with Crippen molar-refractivity contribution in [2.75, 3.05) is 19.8 Å². The monoisotopic (exact) mass is 439 g/mol. The second kappa shape index (κ2) is 10.5. The van der Waals surface area contributed by atoms with Gasteiger partial charge in [-0.05, 0) is 54.8 Å². The quantitative estimate of drug-likeness (QED) is 0.222. The Kier molecular flexibility index (Phi) is 7.71. The van der Waals surface area contributed by atoms with E-state index < -0.39 is 0 Å². The molecule has 3 rings (SSSR count). The first-order valence-corrected chi connectivity index (χ1v) is 11.0. The van der Waals surface area contributed by atoms with E-state index in [4.69, 9.17) is 21.7 Å². The smallest absolute Gasteiger partial charge is 0.266 e. The number of rotatable bonds is 9. The van der Waals surface area contributed by atoms with Gasteiger partial charge in [0.25, 0.3) is 5.91 Å². The van der Waals surface area contributed by atoms with Gasteiger partial charge in [0.15, 0.2) is 0 Å². The summed E-state index contributed by atoms with van der Waals surface area (Å²) in [6.45, 7) is 9.43. The summed E-state index contributed by atoms with van der Waals surface area (Å²) in [6, 6.07) is 13.8. The van der Waals surface area contributed by atoms with Crippen molar-refractivity contribution in [1.29, 1.82) is 0 Å². The minimum absolute atomic E-state index is 0.0749. The molecule has 0 saturated carbocycles. The standard InChI is InChI=1S/C24H25NO3S2/c1-4-13-25-23(26)22(30-24(25)29)16-19-9-11-20(12-10-19)27-14-6-15-28-21-8-5-7-17(2)18(21)3/h4-5,7-12,16H,1,6,13-15H2,2-3H3/b22-16+. The zero-order valence-electron chi connectivity index (χ0n) is 17.2. The number of hydrogen-bond donors (Lipinski definition) is 0. The van der Waals surface area contributed by atoms with Gasteiger partial charge in [0.2, 0.25) is 0 Å². The fourth-order valence-corrected chi connectivity index (χ4v) is 4.18. The molecule has 0 N–H and O–H groups in total. The minimum atomic E-state index is -0.0749. The lowest BCUT2D eigenvalue weighted by Crippen LogP contribution is -2.27. The summed E-state index contributed by atoms with van der Waals surface area (Å²) in [5, 5.41) is 0. The SMILES string of the molecule is C=CCN1C(=O)/C(=C\c2ccc(OCCCOc3cccc(C)c3C)cc2)SC1=S. The maximum atomic E-state index is 12.4. The summed E-state index contributed by atoms with van der Waals surface area (Å²) in [7, 11) is 0. The molecular weight excluding hydrogens is 414 g/mol. The van der Waals surface area contributed by atoms with Crippen LogP contribution in [0, 0.1) is 13.8 Å². The Morgan fingerprint density at radius 1 is 1.10 bits per heavy atom. The fourth-order valence-electron chi connectivity index (χ4n) is 2.91. The predicted molar refractivity (Wildman–Crippen MR) is 128 cm³/mol. The molecule has 0 spiro atoms. The number of aryl methyl sites for hydroxylation is 1. The number of carbonyl (C=O) groups is 1. The van der Waals surface area contributed by atoms with Crippen LogP contribution in [0.2, 0.25) is 0 Å². The molecule has 1 saturated heterocycles. The van der Waals surface area contributed by atoms with Crippen LogP contribution in [0.1, 0.15) is 23.1 Å². The number of hydrogen-bond acceptors (Lipinski definition) is 5. The number of nitrogens with zero attached hydrogens (tertiary/aromatic N) is 1. The molecule has 2 aromatic carbocycles. The van der Waals surface area contributed by atoms with Crippen molar-refractivity contribution in [3.05, 3.63) is 76.7 Å². The van der Waals surface area contributed by atoms with Crippen molar-refractivity contribution < 1.29 is 14.3 Å².